The number of hydrogen-bond donors (Lipinski definition) is 3. The highest BCUT2D eigenvalue weighted by atomic mass is 32.2. The molecule has 0 aliphatic heterocycles. The molecule has 4 N–H and O–H groups in total. The first-order chi connectivity index (χ1) is 8.47. The van der Waals surface area contributed by atoms with Gasteiger partial charge in [-0.05, 0) is 31.6 Å². The third kappa shape index (κ3) is 2.73. The fourth-order valence-electron chi connectivity index (χ4n) is 2.39. The van der Waals surface area contributed by atoms with Gasteiger partial charge in [-0.2, -0.15) is 0 Å². The number of nitrogens with zero attached hydrogens (tertiary/aromatic N) is 1. The van der Waals surface area contributed by atoms with Gasteiger partial charge in [0.2, 0.25) is 0 Å². The number of H-pyrrole nitrogens is 1. The predicted octanol–water partition coefficient (Wildman–Crippen LogP) is 0.596. The SMILES string of the molecule is CC1CCC(CN)(NS(=O)(=O)c2cnc[nH]2)CC1. The van der Waals surface area contributed by atoms with E-state index in [1.54, 1.807) is 0 Å². The van der Waals surface area contributed by atoms with Crippen LogP contribution in [-0.2, 0) is 10.0 Å². The molecular weight excluding hydrogens is 252 g/mol. The average Bonchev–Trinajstić information content (AvgIpc) is 2.87. The fourth-order valence-corrected chi connectivity index (χ4v) is 3.77. The van der Waals surface area contributed by atoms with Crippen LogP contribution in [0.2, 0.25) is 0 Å². The number of hydrogen-bond acceptors (Lipinski definition) is 4. The van der Waals surface area contributed by atoms with Crippen LogP contribution in [-0.4, -0.2) is 30.5 Å². The van der Waals surface area contributed by atoms with Gasteiger partial charge in [-0.1, -0.05) is 6.92 Å². The lowest BCUT2D eigenvalue weighted by atomic mass is 9.78. The highest BCUT2D eigenvalue weighted by molar-refractivity contribution is 7.89. The van der Waals surface area contributed by atoms with Crippen LogP contribution in [0.4, 0.5) is 0 Å². The summed E-state index contributed by atoms with van der Waals surface area (Å²) in [5, 5.41) is 0.0916. The molecule has 1 heterocycles. The van der Waals surface area contributed by atoms with Crippen molar-refractivity contribution < 1.29 is 8.42 Å². The van der Waals surface area contributed by atoms with Gasteiger partial charge in [-0.3, -0.25) is 0 Å². The molecule has 1 aliphatic carbocycles. The molecule has 102 valence electrons. The first kappa shape index (κ1) is 13.5. The number of aromatic amines is 1. The molecule has 1 aliphatic rings. The van der Waals surface area contributed by atoms with Gasteiger partial charge in [0.15, 0.2) is 5.03 Å². The lowest BCUT2D eigenvalue weighted by Gasteiger charge is -2.38. The molecule has 0 radical (unpaired) electrons. The van der Waals surface area contributed by atoms with Crippen LogP contribution in [0, 0.1) is 5.92 Å². The van der Waals surface area contributed by atoms with Crippen LogP contribution in [0.3, 0.4) is 0 Å². The number of aromatic nitrogens is 2. The van der Waals surface area contributed by atoms with E-state index in [1.165, 1.54) is 12.5 Å². The highest BCUT2D eigenvalue weighted by Gasteiger charge is 2.37. The van der Waals surface area contributed by atoms with Crippen molar-refractivity contribution >= 4 is 10.0 Å². The molecule has 0 saturated heterocycles. The molecule has 1 saturated carbocycles. The van der Waals surface area contributed by atoms with Crippen molar-refractivity contribution in [3.8, 4) is 0 Å². The van der Waals surface area contributed by atoms with E-state index in [1.807, 2.05) is 0 Å². The second-order valence-electron chi connectivity index (χ2n) is 5.19. The fraction of sp³-hybridized carbons (Fsp3) is 0.727. The predicted molar refractivity (Wildman–Crippen MR) is 68.3 cm³/mol. The molecule has 1 fully saturated rings. The largest absolute Gasteiger partial charge is 0.335 e. The highest BCUT2D eigenvalue weighted by Crippen LogP contribution is 2.32. The molecule has 1 aromatic rings. The molecule has 0 atom stereocenters. The second-order valence-corrected chi connectivity index (χ2v) is 6.84. The Balaban J connectivity index is 2.16. The van der Waals surface area contributed by atoms with Crippen LogP contribution in [0.1, 0.15) is 32.6 Å². The lowest BCUT2D eigenvalue weighted by molar-refractivity contribution is 0.231. The van der Waals surface area contributed by atoms with Crippen LogP contribution >= 0.6 is 0 Å². The van der Waals surface area contributed by atoms with Gasteiger partial charge in [0.1, 0.15) is 0 Å². The smallest absolute Gasteiger partial charge is 0.258 e. The van der Waals surface area contributed by atoms with E-state index in [-0.39, 0.29) is 5.03 Å². The van der Waals surface area contributed by atoms with Gasteiger partial charge >= 0.3 is 0 Å². The standard InChI is InChI=1S/C11H20N4O2S/c1-9-2-4-11(7-12,5-3-9)15-18(16,17)10-6-13-8-14-10/h6,8-9,15H,2-5,7,12H2,1H3,(H,13,14). The van der Waals surface area contributed by atoms with E-state index in [0.29, 0.717) is 12.5 Å². The van der Waals surface area contributed by atoms with Gasteiger partial charge in [-0.25, -0.2) is 18.1 Å². The minimum absolute atomic E-state index is 0.0916. The maximum Gasteiger partial charge on any atom is 0.258 e. The summed E-state index contributed by atoms with van der Waals surface area (Å²) >= 11 is 0. The van der Waals surface area contributed by atoms with Crippen LogP contribution in [0.5, 0.6) is 0 Å². The Hall–Kier alpha value is -0.920. The number of sulfonamides is 1. The third-order valence-electron chi connectivity index (χ3n) is 3.74. The molecule has 7 heteroatoms. The summed E-state index contributed by atoms with van der Waals surface area (Å²) in [6, 6.07) is 0. The first-order valence-electron chi connectivity index (χ1n) is 6.20. The Bertz CT molecular complexity index is 475. The average molecular weight is 272 g/mol. The van der Waals surface area contributed by atoms with E-state index in [9.17, 15) is 8.42 Å². The third-order valence-corrected chi connectivity index (χ3v) is 5.24. The number of nitrogens with two attached hydrogens (primary N) is 1. The van der Waals surface area contributed by atoms with Crippen molar-refractivity contribution in [1.82, 2.24) is 14.7 Å². The zero-order valence-electron chi connectivity index (χ0n) is 10.5. The van der Waals surface area contributed by atoms with Crippen molar-refractivity contribution in [2.75, 3.05) is 6.54 Å². The van der Waals surface area contributed by atoms with Crippen molar-refractivity contribution in [2.24, 2.45) is 11.7 Å². The maximum atomic E-state index is 12.2. The molecule has 0 unspecified atom stereocenters. The van der Waals surface area contributed by atoms with Crippen molar-refractivity contribution in [1.29, 1.82) is 0 Å². The molecule has 18 heavy (non-hydrogen) atoms. The van der Waals surface area contributed by atoms with Gasteiger partial charge in [0.05, 0.1) is 12.5 Å². The number of nitrogens with one attached hydrogen (secondary N) is 2. The van der Waals surface area contributed by atoms with Gasteiger partial charge in [0, 0.05) is 12.1 Å². The summed E-state index contributed by atoms with van der Waals surface area (Å²) in [5.41, 5.74) is 5.29. The topological polar surface area (TPSA) is 101 Å². The zero-order valence-corrected chi connectivity index (χ0v) is 11.3. The number of rotatable bonds is 4. The van der Waals surface area contributed by atoms with Crippen LogP contribution < -0.4 is 10.5 Å². The Morgan fingerprint density at radius 2 is 2.22 bits per heavy atom. The summed E-state index contributed by atoms with van der Waals surface area (Å²) in [5.74, 6) is 0.640. The van der Waals surface area contributed by atoms with E-state index >= 15 is 0 Å². The molecule has 0 aromatic carbocycles. The summed E-state index contributed by atoms with van der Waals surface area (Å²) in [7, 11) is -3.55. The van der Waals surface area contributed by atoms with Crippen molar-refractivity contribution in [2.45, 2.75) is 43.2 Å². The summed E-state index contributed by atoms with van der Waals surface area (Å²) in [6.45, 7) is 2.51. The van der Waals surface area contributed by atoms with Crippen molar-refractivity contribution in [3.05, 3.63) is 12.5 Å². The summed E-state index contributed by atoms with van der Waals surface area (Å²) in [4.78, 5) is 6.35. The first-order valence-corrected chi connectivity index (χ1v) is 7.68. The Morgan fingerprint density at radius 1 is 1.56 bits per heavy atom. The Labute approximate surface area is 107 Å². The monoisotopic (exact) mass is 272 g/mol. The summed E-state index contributed by atoms with van der Waals surface area (Å²) in [6.07, 6.45) is 6.24. The molecule has 2 rings (SSSR count). The van der Waals surface area contributed by atoms with Gasteiger partial charge in [0.25, 0.3) is 10.0 Å². The Kier molecular flexibility index (Phi) is 3.74. The second kappa shape index (κ2) is 4.99. The van der Waals surface area contributed by atoms with Crippen LogP contribution in [0.25, 0.3) is 0 Å². The van der Waals surface area contributed by atoms with E-state index < -0.39 is 15.6 Å². The van der Waals surface area contributed by atoms with Crippen LogP contribution in [0.15, 0.2) is 17.6 Å². The molecular formula is C11H20N4O2S. The quantitative estimate of drug-likeness (QED) is 0.747. The molecule has 1 aromatic heterocycles. The van der Waals surface area contributed by atoms with E-state index in [4.69, 9.17) is 5.73 Å². The molecule has 6 nitrogen and oxygen atoms in total. The van der Waals surface area contributed by atoms with E-state index in [0.717, 1.165) is 25.7 Å². The minimum atomic E-state index is -3.55. The molecule has 0 spiro atoms. The van der Waals surface area contributed by atoms with Crippen molar-refractivity contribution in [3.63, 3.8) is 0 Å². The van der Waals surface area contributed by atoms with Gasteiger partial charge in [-0.15, -0.1) is 0 Å². The lowest BCUT2D eigenvalue weighted by Crippen LogP contribution is -2.55. The molecule has 0 amide bonds. The Morgan fingerprint density at radius 3 is 2.72 bits per heavy atom. The summed E-state index contributed by atoms with van der Waals surface area (Å²) < 4.78 is 27.1. The van der Waals surface area contributed by atoms with E-state index in [2.05, 4.69) is 21.6 Å². The molecule has 0 bridgehead atoms. The zero-order chi connectivity index (χ0) is 13.2. The normalized spacial score (nSPS) is 29.3. The number of imidazole rings is 1. The maximum absolute atomic E-state index is 12.2. The van der Waals surface area contributed by atoms with Gasteiger partial charge < -0.3 is 10.7 Å². The minimum Gasteiger partial charge on any atom is -0.335 e.